The van der Waals surface area contributed by atoms with E-state index < -0.39 is 81.5 Å². The number of primary amides is 1. The number of carbonyl (C=O) groups is 6. The topological polar surface area (TPSA) is 240 Å². The second-order valence-electron chi connectivity index (χ2n) is 12.2. The van der Waals surface area contributed by atoms with Crippen LogP contribution >= 0.6 is 11.6 Å². The number of hydrogen-bond donors (Lipinski definition) is 5. The van der Waals surface area contributed by atoms with Crippen LogP contribution in [0.5, 0.6) is 5.75 Å². The van der Waals surface area contributed by atoms with Crippen molar-refractivity contribution in [3.63, 3.8) is 0 Å². The van der Waals surface area contributed by atoms with Crippen LogP contribution in [0.3, 0.4) is 0 Å². The standard InChI is InChI=1S/C31H31ClN6O7/c1-38(2)25-24(42)20(28(34)45)26(43)30(13-33)27(44)21-23(41)19-17(9-29(21,35)12-31(25,30)36)16(14-6-4-3-5-7-14)8-15(22(19)40)11-37-18(39)10-32/h3-8,20-21,25,40H,9-12,35-36H2,1-2H3,(H2,34,45)(H,37,39)/t20?,21?,25-,29-,30+,31-/m1/s1. The number of nitriles is 1. The highest BCUT2D eigenvalue weighted by atomic mass is 35.5. The third-order valence-corrected chi connectivity index (χ3v) is 9.59. The van der Waals surface area contributed by atoms with Crippen LogP contribution in [0.4, 0.5) is 0 Å². The van der Waals surface area contributed by atoms with Crippen LogP contribution in [-0.2, 0) is 36.9 Å². The number of benzene rings is 2. The van der Waals surface area contributed by atoms with E-state index in [-0.39, 0.29) is 35.5 Å². The van der Waals surface area contributed by atoms with Gasteiger partial charge in [-0.25, -0.2) is 0 Å². The molecule has 2 aromatic rings. The molecule has 2 saturated carbocycles. The number of phenolic OH excluding ortho intramolecular Hbond substituents is 1. The average Bonchev–Trinajstić information content (AvgIpc) is 2.96. The Hall–Kier alpha value is -4.48. The Morgan fingerprint density at radius 3 is 2.33 bits per heavy atom. The number of likely N-dealkylation sites (N-methyl/N-ethyl adjacent to an activating group) is 1. The summed E-state index contributed by atoms with van der Waals surface area (Å²) >= 11 is 5.61. The van der Waals surface area contributed by atoms with Gasteiger partial charge in [0.2, 0.25) is 11.8 Å². The smallest absolute Gasteiger partial charge is 0.235 e. The summed E-state index contributed by atoms with van der Waals surface area (Å²) in [7, 11) is 2.87. The van der Waals surface area contributed by atoms with Gasteiger partial charge >= 0.3 is 0 Å². The van der Waals surface area contributed by atoms with Gasteiger partial charge < -0.3 is 27.6 Å². The summed E-state index contributed by atoms with van der Waals surface area (Å²) in [6, 6.07) is 10.6. The van der Waals surface area contributed by atoms with Crippen molar-refractivity contribution in [1.29, 1.82) is 5.26 Å². The molecule has 3 aliphatic rings. The molecule has 3 aliphatic carbocycles. The molecule has 0 aromatic heterocycles. The van der Waals surface area contributed by atoms with E-state index in [0.29, 0.717) is 11.1 Å². The number of alkyl halides is 1. The molecular formula is C31H31ClN6O7. The van der Waals surface area contributed by atoms with Gasteiger partial charge in [0.15, 0.2) is 34.5 Å². The van der Waals surface area contributed by atoms with Crippen molar-refractivity contribution < 1.29 is 33.9 Å². The lowest BCUT2D eigenvalue weighted by Gasteiger charge is -2.60. The number of nitrogens with two attached hydrogens (primary N) is 3. The number of nitrogens with zero attached hydrogens (tertiary/aromatic N) is 2. The van der Waals surface area contributed by atoms with Crippen molar-refractivity contribution in [2.24, 2.45) is 34.5 Å². The van der Waals surface area contributed by atoms with Crippen LogP contribution in [0.15, 0.2) is 36.4 Å². The van der Waals surface area contributed by atoms with Gasteiger partial charge in [-0.05, 0) is 49.7 Å². The Morgan fingerprint density at radius 1 is 1.13 bits per heavy atom. The molecule has 6 atom stereocenters. The fourth-order valence-corrected chi connectivity index (χ4v) is 7.68. The minimum Gasteiger partial charge on any atom is -0.507 e. The van der Waals surface area contributed by atoms with E-state index in [1.165, 1.54) is 19.0 Å². The Morgan fingerprint density at radius 2 is 1.78 bits per heavy atom. The molecule has 45 heavy (non-hydrogen) atoms. The predicted molar refractivity (Wildman–Crippen MR) is 159 cm³/mol. The number of Topliss-reactive ketones (excluding diaryl/α,β-unsaturated/α-hetero) is 4. The zero-order valence-corrected chi connectivity index (χ0v) is 25.2. The molecule has 2 unspecified atom stereocenters. The third kappa shape index (κ3) is 4.32. The van der Waals surface area contributed by atoms with Gasteiger partial charge in [0.1, 0.15) is 17.5 Å². The first-order valence-corrected chi connectivity index (χ1v) is 14.5. The maximum absolute atomic E-state index is 14.6. The fraction of sp³-hybridized carbons (Fsp3) is 0.387. The monoisotopic (exact) mass is 634 g/mol. The van der Waals surface area contributed by atoms with Crippen molar-refractivity contribution in [3.05, 3.63) is 53.1 Å². The Bertz CT molecular complexity index is 1740. The summed E-state index contributed by atoms with van der Waals surface area (Å²) in [6.07, 6.45) is -0.748. The van der Waals surface area contributed by atoms with Crippen molar-refractivity contribution in [2.75, 3.05) is 20.0 Å². The molecule has 2 aromatic carbocycles. The highest BCUT2D eigenvalue weighted by Crippen LogP contribution is 2.57. The lowest BCUT2D eigenvalue weighted by molar-refractivity contribution is -0.166. The fourth-order valence-electron chi connectivity index (χ4n) is 7.58. The van der Waals surface area contributed by atoms with E-state index in [2.05, 4.69) is 5.32 Å². The zero-order valence-electron chi connectivity index (χ0n) is 24.4. The molecule has 0 aliphatic heterocycles. The molecule has 0 spiro atoms. The molecule has 8 N–H and O–H groups in total. The number of fused-ring (bicyclic) bond motifs is 3. The van der Waals surface area contributed by atoms with Crippen LogP contribution in [-0.4, -0.2) is 82.0 Å². The first-order valence-electron chi connectivity index (χ1n) is 14.0. The molecule has 0 heterocycles. The minimum absolute atomic E-state index is 0.135. The largest absolute Gasteiger partial charge is 0.507 e. The number of rotatable bonds is 6. The summed E-state index contributed by atoms with van der Waals surface area (Å²) in [5, 5.41) is 24.5. The maximum Gasteiger partial charge on any atom is 0.235 e. The molecule has 234 valence electrons. The molecule has 2 fully saturated rings. The highest BCUT2D eigenvalue weighted by molar-refractivity contribution is 6.33. The first-order chi connectivity index (χ1) is 21.1. The molecule has 0 radical (unpaired) electrons. The average molecular weight is 635 g/mol. The van der Waals surface area contributed by atoms with Crippen molar-refractivity contribution in [2.45, 2.75) is 36.5 Å². The predicted octanol–water partition coefficient (Wildman–Crippen LogP) is -0.670. The van der Waals surface area contributed by atoms with Crippen LogP contribution in [0.1, 0.15) is 27.9 Å². The Labute approximate surface area is 262 Å². The minimum atomic E-state index is -2.85. The van der Waals surface area contributed by atoms with Crippen LogP contribution < -0.4 is 22.5 Å². The van der Waals surface area contributed by atoms with Crippen LogP contribution in [0.2, 0.25) is 0 Å². The second kappa shape index (κ2) is 10.8. The maximum atomic E-state index is 14.6. The number of carbonyl (C=O) groups excluding carboxylic acids is 6. The van der Waals surface area contributed by atoms with Gasteiger partial charge in [0.05, 0.1) is 23.2 Å². The molecule has 13 nitrogen and oxygen atoms in total. The normalized spacial score (nSPS) is 30.6. The highest BCUT2D eigenvalue weighted by Gasteiger charge is 2.78. The quantitative estimate of drug-likeness (QED) is 0.197. The second-order valence-corrected chi connectivity index (χ2v) is 12.4. The van der Waals surface area contributed by atoms with Gasteiger partial charge in [0.25, 0.3) is 0 Å². The Kier molecular flexibility index (Phi) is 7.70. The molecule has 2 amide bonds. The van der Waals surface area contributed by atoms with Gasteiger partial charge in [-0.1, -0.05) is 30.3 Å². The number of ketones is 4. The summed E-state index contributed by atoms with van der Waals surface area (Å²) in [5.74, 6) is -11.4. The summed E-state index contributed by atoms with van der Waals surface area (Å²) in [5.41, 5.74) is 13.6. The van der Waals surface area contributed by atoms with Crippen molar-refractivity contribution in [3.8, 4) is 22.9 Å². The lowest BCUT2D eigenvalue weighted by Crippen LogP contribution is -2.85. The number of halogens is 1. The summed E-state index contributed by atoms with van der Waals surface area (Å²) < 4.78 is 0. The van der Waals surface area contributed by atoms with Gasteiger partial charge in [-0.3, -0.25) is 33.7 Å². The van der Waals surface area contributed by atoms with Crippen LogP contribution in [0, 0.1) is 28.6 Å². The zero-order chi connectivity index (χ0) is 33.2. The number of phenols is 1. The molecular weight excluding hydrogens is 604 g/mol. The number of hydrogen-bond acceptors (Lipinski definition) is 11. The van der Waals surface area contributed by atoms with Gasteiger partial charge in [-0.2, -0.15) is 5.26 Å². The number of aromatic hydroxyl groups is 1. The van der Waals surface area contributed by atoms with E-state index in [9.17, 15) is 39.1 Å². The molecule has 14 heteroatoms. The van der Waals surface area contributed by atoms with Crippen molar-refractivity contribution >= 4 is 46.5 Å². The Balaban J connectivity index is 1.78. The van der Waals surface area contributed by atoms with E-state index in [0.717, 1.165) is 0 Å². The number of amides is 2. The van der Waals surface area contributed by atoms with E-state index >= 15 is 0 Å². The van der Waals surface area contributed by atoms with E-state index in [4.69, 9.17) is 28.8 Å². The first kappa shape index (κ1) is 31.9. The van der Waals surface area contributed by atoms with E-state index in [1.807, 2.05) is 0 Å². The van der Waals surface area contributed by atoms with Gasteiger partial charge in [0, 0.05) is 17.6 Å². The number of nitrogens with one attached hydrogen (secondary N) is 1. The molecule has 5 rings (SSSR count). The molecule has 0 saturated heterocycles. The third-order valence-electron chi connectivity index (χ3n) is 9.35. The molecule has 0 bridgehead atoms. The van der Waals surface area contributed by atoms with Crippen LogP contribution in [0.25, 0.3) is 11.1 Å². The van der Waals surface area contributed by atoms with E-state index in [1.54, 1.807) is 42.5 Å². The van der Waals surface area contributed by atoms with Crippen molar-refractivity contribution in [1.82, 2.24) is 10.2 Å². The summed E-state index contributed by atoms with van der Waals surface area (Å²) in [4.78, 5) is 82.1. The SMILES string of the molecule is CN(C)[C@@H]1C(=O)C(C(N)=O)C(=O)[C@@]2(C#N)C(=O)C3C(=O)c4c(O)c(CNC(=O)CCl)cc(-c5ccccc5)c4C[C@@]3(N)C[C@@]12N. The van der Waals surface area contributed by atoms with Gasteiger partial charge in [-0.15, -0.1) is 11.6 Å². The lowest BCUT2D eigenvalue weighted by atomic mass is 9.42. The summed E-state index contributed by atoms with van der Waals surface area (Å²) in [6.45, 7) is -0.219.